The van der Waals surface area contributed by atoms with Gasteiger partial charge in [0.15, 0.2) is 11.5 Å². The molecular formula is C38H41ClFN3O6S. The number of hydrogen-bond acceptors (Lipinski definition) is 6. The minimum atomic E-state index is -4.45. The second-order valence-corrected chi connectivity index (χ2v) is 14.5. The average molecular weight is 722 g/mol. The fourth-order valence-corrected chi connectivity index (χ4v) is 7.68. The van der Waals surface area contributed by atoms with Crippen molar-refractivity contribution in [3.05, 3.63) is 119 Å². The van der Waals surface area contributed by atoms with Crippen molar-refractivity contribution in [1.82, 2.24) is 10.2 Å². The fourth-order valence-electron chi connectivity index (χ4n) is 6.13. The molecule has 0 spiro atoms. The Morgan fingerprint density at radius 2 is 1.52 bits per heavy atom. The molecule has 0 aromatic heterocycles. The molecule has 1 N–H and O–H groups in total. The third-order valence-electron chi connectivity index (χ3n) is 8.83. The zero-order valence-electron chi connectivity index (χ0n) is 28.1. The Hall–Kier alpha value is -4.61. The topological polar surface area (TPSA) is 105 Å². The van der Waals surface area contributed by atoms with E-state index >= 15 is 0 Å². The summed E-state index contributed by atoms with van der Waals surface area (Å²) in [6.45, 7) is -0.683. The van der Waals surface area contributed by atoms with Crippen LogP contribution < -0.4 is 19.1 Å². The molecule has 12 heteroatoms. The standard InChI is InChI=1S/C38H41ClFN3O6S/c1-48-35-22-21-33(24-36(35)49-2)50(46,47)43(32-19-17-30(40)18-20-32)26-37(44)42(25-28-13-15-29(39)16-14-28)34(23-27-9-5-3-6-10-27)38(45)41-31-11-7-4-8-12-31/h3,5-6,9-10,13-22,24,31,34H,4,7-8,11-12,23,25-26H2,1-2H3,(H,41,45)/t34-/m1/s1. The van der Waals surface area contributed by atoms with E-state index in [4.69, 9.17) is 21.1 Å². The van der Waals surface area contributed by atoms with Crippen LogP contribution in [-0.4, -0.2) is 58.0 Å². The van der Waals surface area contributed by atoms with E-state index in [1.165, 1.54) is 49.5 Å². The maximum atomic E-state index is 14.7. The van der Waals surface area contributed by atoms with Gasteiger partial charge < -0.3 is 19.7 Å². The van der Waals surface area contributed by atoms with Gasteiger partial charge in [-0.2, -0.15) is 0 Å². The normalized spacial score (nSPS) is 14.0. The van der Waals surface area contributed by atoms with Crippen molar-refractivity contribution >= 4 is 39.1 Å². The van der Waals surface area contributed by atoms with Crippen LogP contribution in [0.25, 0.3) is 0 Å². The molecule has 9 nitrogen and oxygen atoms in total. The summed E-state index contributed by atoms with van der Waals surface area (Å²) in [5, 5.41) is 3.69. The lowest BCUT2D eigenvalue weighted by Gasteiger charge is -2.35. The van der Waals surface area contributed by atoms with Crippen molar-refractivity contribution in [2.75, 3.05) is 25.1 Å². The number of hydrogen-bond donors (Lipinski definition) is 1. The summed E-state index contributed by atoms with van der Waals surface area (Å²) < 4.78 is 54.4. The molecule has 0 radical (unpaired) electrons. The number of halogens is 2. The Balaban J connectivity index is 1.57. The number of ether oxygens (including phenoxy) is 2. The SMILES string of the molecule is COc1ccc(S(=O)(=O)N(CC(=O)N(Cc2ccc(Cl)cc2)[C@H](Cc2ccccc2)C(=O)NC2CCCCC2)c2ccc(F)cc2)cc1OC. The highest BCUT2D eigenvalue weighted by atomic mass is 35.5. The minimum absolute atomic E-state index is 0.000741. The van der Waals surface area contributed by atoms with E-state index in [0.29, 0.717) is 16.3 Å². The van der Waals surface area contributed by atoms with Crippen molar-refractivity contribution in [3.8, 4) is 11.5 Å². The first-order valence-corrected chi connectivity index (χ1v) is 18.3. The van der Waals surface area contributed by atoms with Gasteiger partial charge in [0.2, 0.25) is 11.8 Å². The van der Waals surface area contributed by atoms with Gasteiger partial charge >= 0.3 is 0 Å². The van der Waals surface area contributed by atoms with E-state index in [1.807, 2.05) is 30.3 Å². The summed E-state index contributed by atoms with van der Waals surface area (Å²) in [4.78, 5) is 30.2. The number of methoxy groups -OCH3 is 2. The third kappa shape index (κ3) is 9.13. The zero-order chi connectivity index (χ0) is 35.7. The molecule has 4 aromatic carbocycles. The molecule has 5 rings (SSSR count). The zero-order valence-corrected chi connectivity index (χ0v) is 29.6. The lowest BCUT2D eigenvalue weighted by Crippen LogP contribution is -2.55. The van der Waals surface area contributed by atoms with Crippen LogP contribution in [0.3, 0.4) is 0 Å². The first-order valence-electron chi connectivity index (χ1n) is 16.5. The Morgan fingerprint density at radius 1 is 0.860 bits per heavy atom. The number of carbonyl (C=O) groups excluding carboxylic acids is 2. The Labute approximate surface area is 298 Å². The number of benzene rings is 4. The minimum Gasteiger partial charge on any atom is -0.493 e. The fraction of sp³-hybridized carbons (Fsp3) is 0.316. The molecule has 264 valence electrons. The van der Waals surface area contributed by atoms with E-state index in [-0.39, 0.29) is 41.2 Å². The number of anilines is 1. The lowest BCUT2D eigenvalue weighted by atomic mass is 9.94. The van der Waals surface area contributed by atoms with Crippen molar-refractivity contribution in [1.29, 1.82) is 0 Å². The first kappa shape index (κ1) is 36.7. The lowest BCUT2D eigenvalue weighted by molar-refractivity contribution is -0.140. The second-order valence-electron chi connectivity index (χ2n) is 12.2. The molecule has 0 aliphatic heterocycles. The van der Waals surface area contributed by atoms with Gasteiger partial charge in [-0.3, -0.25) is 13.9 Å². The van der Waals surface area contributed by atoms with Crippen molar-refractivity contribution < 1.29 is 31.9 Å². The Bertz CT molecular complexity index is 1850. The number of rotatable bonds is 14. The van der Waals surface area contributed by atoms with Gasteiger partial charge in [0.1, 0.15) is 18.4 Å². The molecule has 1 fully saturated rings. The van der Waals surface area contributed by atoms with Crippen LogP contribution in [-0.2, 0) is 32.6 Å². The predicted octanol–water partition coefficient (Wildman–Crippen LogP) is 6.78. The molecule has 4 aromatic rings. The van der Waals surface area contributed by atoms with Gasteiger partial charge in [-0.15, -0.1) is 0 Å². The number of sulfonamides is 1. The summed E-state index contributed by atoms with van der Waals surface area (Å²) in [5.41, 5.74) is 1.59. The van der Waals surface area contributed by atoms with Gasteiger partial charge in [-0.05, 0) is 72.5 Å². The summed E-state index contributed by atoms with van der Waals surface area (Å²) in [7, 11) is -1.63. The monoisotopic (exact) mass is 721 g/mol. The Kier molecular flexibility index (Phi) is 12.4. The van der Waals surface area contributed by atoms with E-state index in [0.717, 1.165) is 54.1 Å². The van der Waals surface area contributed by atoms with Crippen molar-refractivity contribution in [2.24, 2.45) is 0 Å². The van der Waals surface area contributed by atoms with E-state index in [9.17, 15) is 22.4 Å². The molecule has 1 aliphatic carbocycles. The molecule has 1 saturated carbocycles. The van der Waals surface area contributed by atoms with E-state index in [2.05, 4.69) is 5.32 Å². The van der Waals surface area contributed by atoms with Gasteiger partial charge in [-0.1, -0.05) is 73.3 Å². The van der Waals surface area contributed by atoms with Crippen LogP contribution in [0.1, 0.15) is 43.2 Å². The summed E-state index contributed by atoms with van der Waals surface area (Å²) in [6, 6.07) is 24.2. The van der Waals surface area contributed by atoms with Gasteiger partial charge in [0, 0.05) is 30.1 Å². The van der Waals surface area contributed by atoms with Gasteiger partial charge in [0.05, 0.1) is 24.8 Å². The third-order valence-corrected chi connectivity index (χ3v) is 10.8. The molecule has 0 heterocycles. The van der Waals surface area contributed by atoms with Gasteiger partial charge in [-0.25, -0.2) is 12.8 Å². The predicted molar refractivity (Wildman–Crippen MR) is 191 cm³/mol. The largest absolute Gasteiger partial charge is 0.493 e. The number of carbonyl (C=O) groups is 2. The smallest absolute Gasteiger partial charge is 0.264 e. The first-order chi connectivity index (χ1) is 24.1. The number of nitrogens with zero attached hydrogens (tertiary/aromatic N) is 2. The van der Waals surface area contributed by atoms with E-state index < -0.39 is 34.3 Å². The van der Waals surface area contributed by atoms with Crippen LogP contribution >= 0.6 is 11.6 Å². The summed E-state index contributed by atoms with van der Waals surface area (Å²) in [6.07, 6.45) is 4.99. The highest BCUT2D eigenvalue weighted by Gasteiger charge is 2.35. The molecule has 0 saturated heterocycles. The van der Waals surface area contributed by atoms with Crippen LogP contribution in [0.5, 0.6) is 11.5 Å². The van der Waals surface area contributed by atoms with Crippen LogP contribution in [0.2, 0.25) is 5.02 Å². The average Bonchev–Trinajstić information content (AvgIpc) is 3.13. The van der Waals surface area contributed by atoms with Gasteiger partial charge in [0.25, 0.3) is 10.0 Å². The number of amides is 2. The van der Waals surface area contributed by atoms with E-state index in [1.54, 1.807) is 24.3 Å². The summed E-state index contributed by atoms with van der Waals surface area (Å²) in [5.74, 6) is -1.04. The van der Waals surface area contributed by atoms with Crippen LogP contribution in [0.4, 0.5) is 10.1 Å². The molecule has 1 aliphatic rings. The quantitative estimate of drug-likeness (QED) is 0.154. The van der Waals surface area contributed by atoms with Crippen LogP contribution in [0.15, 0.2) is 102 Å². The molecule has 1 atom stereocenters. The number of nitrogens with one attached hydrogen (secondary N) is 1. The molecule has 2 amide bonds. The van der Waals surface area contributed by atoms with Crippen LogP contribution in [0, 0.1) is 5.82 Å². The van der Waals surface area contributed by atoms with Crippen molar-refractivity contribution in [3.63, 3.8) is 0 Å². The summed E-state index contributed by atoms with van der Waals surface area (Å²) >= 11 is 6.17. The van der Waals surface area contributed by atoms with Crippen molar-refractivity contribution in [2.45, 2.75) is 62.0 Å². The maximum absolute atomic E-state index is 14.7. The highest BCUT2D eigenvalue weighted by Crippen LogP contribution is 2.33. The molecular weight excluding hydrogens is 681 g/mol. The molecule has 0 unspecified atom stereocenters. The second kappa shape index (κ2) is 16.9. The Morgan fingerprint density at radius 3 is 2.16 bits per heavy atom. The highest BCUT2D eigenvalue weighted by molar-refractivity contribution is 7.92. The maximum Gasteiger partial charge on any atom is 0.264 e. The molecule has 50 heavy (non-hydrogen) atoms. The molecule has 0 bridgehead atoms.